The van der Waals surface area contributed by atoms with Crippen LogP contribution in [0.25, 0.3) is 10.9 Å². The van der Waals surface area contributed by atoms with E-state index < -0.39 is 0 Å². The molecule has 0 aliphatic rings. The smallest absolute Gasteiger partial charge is 0.116 e. The minimum Gasteiger partial charge on any atom is -0.358 e. The summed E-state index contributed by atoms with van der Waals surface area (Å²) in [6, 6.07) is 12.1. The highest BCUT2D eigenvalue weighted by atomic mass is 14.8. The van der Waals surface area contributed by atoms with Crippen LogP contribution < -0.4 is 0 Å². The Kier molecular flexibility index (Phi) is 2.73. The second kappa shape index (κ2) is 4.54. The summed E-state index contributed by atoms with van der Waals surface area (Å²) in [6.45, 7) is 1.99. The van der Waals surface area contributed by atoms with Crippen molar-refractivity contribution in [1.29, 1.82) is 5.26 Å². The number of hydrogen-bond donors (Lipinski definition) is 1. The molecule has 0 bridgehead atoms. The van der Waals surface area contributed by atoms with Gasteiger partial charge >= 0.3 is 0 Å². The molecule has 1 N–H and O–H groups in total. The Balaban J connectivity index is 2.23. The lowest BCUT2D eigenvalue weighted by molar-refractivity contribution is 0.939. The first-order valence-corrected chi connectivity index (χ1v) is 6.04. The van der Waals surface area contributed by atoms with Gasteiger partial charge in [0.1, 0.15) is 12.2 Å². The zero-order valence-electron chi connectivity index (χ0n) is 10.5. The number of aryl methyl sites for hydroxylation is 1. The highest BCUT2D eigenvalue weighted by Crippen LogP contribution is 2.32. The van der Waals surface area contributed by atoms with Gasteiger partial charge in [-0.05, 0) is 19.1 Å². The van der Waals surface area contributed by atoms with Gasteiger partial charge in [0.15, 0.2) is 0 Å². The van der Waals surface area contributed by atoms with E-state index in [2.05, 4.69) is 21.0 Å². The SMILES string of the molecule is Cc1[nH]c2ccccc2c1C(C#N)c1ccncn1. The molecule has 19 heavy (non-hydrogen) atoms. The van der Waals surface area contributed by atoms with Crippen LogP contribution in [0.15, 0.2) is 42.9 Å². The van der Waals surface area contributed by atoms with Gasteiger partial charge in [0.25, 0.3) is 0 Å². The van der Waals surface area contributed by atoms with E-state index in [9.17, 15) is 5.26 Å². The molecule has 0 aliphatic heterocycles. The Bertz CT molecular complexity index is 753. The van der Waals surface area contributed by atoms with Gasteiger partial charge in [-0.25, -0.2) is 9.97 Å². The van der Waals surface area contributed by atoms with E-state index >= 15 is 0 Å². The molecule has 3 rings (SSSR count). The van der Waals surface area contributed by atoms with E-state index in [1.54, 1.807) is 12.3 Å². The third kappa shape index (κ3) is 1.85. The fourth-order valence-corrected chi connectivity index (χ4v) is 2.42. The fourth-order valence-electron chi connectivity index (χ4n) is 2.42. The number of nitrogens with zero attached hydrogens (tertiary/aromatic N) is 3. The Morgan fingerprint density at radius 1 is 1.26 bits per heavy atom. The maximum absolute atomic E-state index is 9.51. The first kappa shape index (κ1) is 11.4. The molecule has 2 aromatic heterocycles. The van der Waals surface area contributed by atoms with Crippen molar-refractivity contribution in [3.05, 3.63) is 59.8 Å². The summed E-state index contributed by atoms with van der Waals surface area (Å²) in [6.07, 6.45) is 3.14. The molecule has 0 spiro atoms. The van der Waals surface area contributed by atoms with Gasteiger partial charge in [-0.3, -0.25) is 0 Å². The van der Waals surface area contributed by atoms with Gasteiger partial charge in [0.2, 0.25) is 0 Å². The van der Waals surface area contributed by atoms with Gasteiger partial charge < -0.3 is 4.98 Å². The van der Waals surface area contributed by atoms with E-state index in [0.717, 1.165) is 27.9 Å². The predicted molar refractivity (Wildman–Crippen MR) is 72.5 cm³/mol. The molecule has 1 aromatic carbocycles. The maximum Gasteiger partial charge on any atom is 0.116 e. The molecule has 4 heteroatoms. The highest BCUT2D eigenvalue weighted by Gasteiger charge is 2.21. The van der Waals surface area contributed by atoms with Crippen molar-refractivity contribution in [2.45, 2.75) is 12.8 Å². The fraction of sp³-hybridized carbons (Fsp3) is 0.133. The van der Waals surface area contributed by atoms with Crippen molar-refractivity contribution >= 4 is 10.9 Å². The van der Waals surface area contributed by atoms with Gasteiger partial charge in [-0.2, -0.15) is 5.26 Å². The molecular formula is C15H12N4. The van der Waals surface area contributed by atoms with Crippen molar-refractivity contribution < 1.29 is 0 Å². The number of aromatic amines is 1. The molecule has 0 radical (unpaired) electrons. The van der Waals surface area contributed by atoms with Crippen LogP contribution in [0.2, 0.25) is 0 Å². The molecule has 92 valence electrons. The average Bonchev–Trinajstić information content (AvgIpc) is 2.78. The molecular weight excluding hydrogens is 236 g/mol. The normalized spacial score (nSPS) is 12.2. The van der Waals surface area contributed by atoms with Crippen LogP contribution in [0, 0.1) is 18.3 Å². The Morgan fingerprint density at radius 2 is 2.11 bits per heavy atom. The van der Waals surface area contributed by atoms with Crippen molar-refractivity contribution in [3.8, 4) is 6.07 Å². The first-order valence-electron chi connectivity index (χ1n) is 6.04. The largest absolute Gasteiger partial charge is 0.358 e. The molecule has 0 fully saturated rings. The molecule has 1 atom stereocenters. The summed E-state index contributed by atoms with van der Waals surface area (Å²) in [7, 11) is 0. The summed E-state index contributed by atoms with van der Waals surface area (Å²) >= 11 is 0. The van der Waals surface area contributed by atoms with Crippen molar-refractivity contribution in [2.24, 2.45) is 0 Å². The van der Waals surface area contributed by atoms with Crippen LogP contribution in [0.4, 0.5) is 0 Å². The van der Waals surface area contributed by atoms with Crippen LogP contribution in [-0.4, -0.2) is 15.0 Å². The lowest BCUT2D eigenvalue weighted by Gasteiger charge is -2.08. The minimum absolute atomic E-state index is 0.376. The topological polar surface area (TPSA) is 65.4 Å². The summed E-state index contributed by atoms with van der Waals surface area (Å²) in [4.78, 5) is 11.4. The molecule has 3 aromatic rings. The number of nitrogens with one attached hydrogen (secondary N) is 1. The van der Waals surface area contributed by atoms with E-state index in [4.69, 9.17) is 0 Å². The number of nitriles is 1. The molecule has 2 heterocycles. The van der Waals surface area contributed by atoms with Gasteiger partial charge in [0.05, 0.1) is 11.8 Å². The van der Waals surface area contributed by atoms with E-state index in [0.29, 0.717) is 0 Å². The lowest BCUT2D eigenvalue weighted by Crippen LogP contribution is -2.02. The Labute approximate surface area is 110 Å². The van der Waals surface area contributed by atoms with Crippen LogP contribution in [0.1, 0.15) is 22.9 Å². The van der Waals surface area contributed by atoms with E-state index in [1.165, 1.54) is 6.33 Å². The maximum atomic E-state index is 9.51. The minimum atomic E-state index is -0.376. The van der Waals surface area contributed by atoms with Crippen molar-refractivity contribution in [2.75, 3.05) is 0 Å². The molecule has 4 nitrogen and oxygen atoms in total. The summed E-state index contributed by atoms with van der Waals surface area (Å²) in [5.41, 5.74) is 3.78. The first-order chi connectivity index (χ1) is 9.31. The van der Waals surface area contributed by atoms with Crippen LogP contribution in [0.5, 0.6) is 0 Å². The number of fused-ring (bicyclic) bond motifs is 1. The third-order valence-electron chi connectivity index (χ3n) is 3.26. The standard InChI is InChI=1S/C15H12N4/c1-10-15(11-4-2-3-5-14(11)19-10)12(8-16)13-6-7-17-9-18-13/h2-7,9,12,19H,1H3. The van der Waals surface area contributed by atoms with Crippen LogP contribution >= 0.6 is 0 Å². The summed E-state index contributed by atoms with van der Waals surface area (Å²) in [5.74, 6) is -0.376. The second-order valence-electron chi connectivity index (χ2n) is 4.41. The second-order valence-corrected chi connectivity index (χ2v) is 4.41. The zero-order valence-corrected chi connectivity index (χ0v) is 10.5. The molecule has 0 amide bonds. The lowest BCUT2D eigenvalue weighted by atomic mass is 9.94. The van der Waals surface area contributed by atoms with Gasteiger partial charge in [-0.15, -0.1) is 0 Å². The van der Waals surface area contributed by atoms with Crippen LogP contribution in [-0.2, 0) is 0 Å². The van der Waals surface area contributed by atoms with E-state index in [1.807, 2.05) is 31.2 Å². The molecule has 0 saturated heterocycles. The molecule has 1 unspecified atom stereocenters. The number of rotatable bonds is 2. The summed E-state index contributed by atoms with van der Waals surface area (Å²) in [5, 5.41) is 10.6. The third-order valence-corrected chi connectivity index (χ3v) is 3.26. The number of aromatic nitrogens is 3. The van der Waals surface area contributed by atoms with Gasteiger partial charge in [-0.1, -0.05) is 18.2 Å². The molecule has 0 saturated carbocycles. The number of H-pyrrole nitrogens is 1. The Morgan fingerprint density at radius 3 is 2.84 bits per heavy atom. The quantitative estimate of drug-likeness (QED) is 0.758. The monoisotopic (exact) mass is 248 g/mol. The number of para-hydroxylation sites is 1. The number of benzene rings is 1. The van der Waals surface area contributed by atoms with E-state index in [-0.39, 0.29) is 5.92 Å². The van der Waals surface area contributed by atoms with Gasteiger partial charge in [0, 0.05) is 28.4 Å². The van der Waals surface area contributed by atoms with Crippen molar-refractivity contribution in [1.82, 2.24) is 15.0 Å². The zero-order chi connectivity index (χ0) is 13.2. The van der Waals surface area contributed by atoms with Crippen LogP contribution in [0.3, 0.4) is 0 Å². The predicted octanol–water partition coefficient (Wildman–Crippen LogP) is 2.92. The summed E-state index contributed by atoms with van der Waals surface area (Å²) < 4.78 is 0. The van der Waals surface area contributed by atoms with Crippen molar-refractivity contribution in [3.63, 3.8) is 0 Å². The Hall–Kier alpha value is -2.67. The molecule has 0 aliphatic carbocycles. The highest BCUT2D eigenvalue weighted by molar-refractivity contribution is 5.86. The average molecular weight is 248 g/mol. The number of hydrogen-bond acceptors (Lipinski definition) is 3.